The van der Waals surface area contributed by atoms with Crippen molar-refractivity contribution >= 4 is 17.3 Å². The number of nitrogens with zero attached hydrogens (tertiary/aromatic N) is 2. The summed E-state index contributed by atoms with van der Waals surface area (Å²) in [6, 6.07) is 6.23. The Morgan fingerprint density at radius 3 is 2.72 bits per heavy atom. The van der Waals surface area contributed by atoms with E-state index in [2.05, 4.69) is 57.2 Å². The number of anilines is 2. The molecule has 2 aromatic rings. The van der Waals surface area contributed by atoms with Crippen LogP contribution in [0, 0.1) is 19.8 Å². The molecule has 1 aliphatic rings. The number of fused-ring (bicyclic) bond motifs is 1. The molecule has 0 fully saturated rings. The molecule has 0 saturated heterocycles. The molecular weight excluding hydrogens is 314 g/mol. The molecular formula is C20H27N3O2. The van der Waals surface area contributed by atoms with Crippen LogP contribution in [0.5, 0.6) is 0 Å². The van der Waals surface area contributed by atoms with Gasteiger partial charge in [-0.25, -0.2) is 0 Å². The Labute approximate surface area is 149 Å². The molecule has 3 rings (SSSR count). The first-order valence-electron chi connectivity index (χ1n) is 9.04. The fourth-order valence-electron chi connectivity index (χ4n) is 3.20. The van der Waals surface area contributed by atoms with Crippen molar-refractivity contribution in [2.75, 3.05) is 16.8 Å². The zero-order chi connectivity index (χ0) is 18.1. The van der Waals surface area contributed by atoms with Crippen molar-refractivity contribution in [2.45, 2.75) is 53.5 Å². The topological polar surface area (TPSA) is 58.4 Å². The molecule has 0 aliphatic carbocycles. The van der Waals surface area contributed by atoms with Crippen molar-refractivity contribution in [3.8, 4) is 0 Å². The number of amides is 1. The number of carbonyl (C=O) groups is 1. The molecule has 0 radical (unpaired) electrons. The third-order valence-corrected chi connectivity index (χ3v) is 4.79. The Hall–Kier alpha value is -2.30. The highest BCUT2D eigenvalue weighted by Crippen LogP contribution is 2.35. The number of carbonyl (C=O) groups excluding carboxylic acids is 1. The maximum Gasteiger partial charge on any atom is 0.280 e. The predicted molar refractivity (Wildman–Crippen MR) is 100 cm³/mol. The molecule has 1 amide bonds. The Bertz CT molecular complexity index is 779. The quantitative estimate of drug-likeness (QED) is 0.898. The second kappa shape index (κ2) is 6.90. The van der Waals surface area contributed by atoms with Crippen LogP contribution in [0.4, 0.5) is 11.4 Å². The van der Waals surface area contributed by atoms with Crippen LogP contribution in [-0.4, -0.2) is 23.7 Å². The maximum absolute atomic E-state index is 13.1. The summed E-state index contributed by atoms with van der Waals surface area (Å²) in [6.07, 6.45) is 1.74. The summed E-state index contributed by atoms with van der Waals surface area (Å²) in [7, 11) is 0. The van der Waals surface area contributed by atoms with Gasteiger partial charge in [0.15, 0.2) is 5.69 Å². The summed E-state index contributed by atoms with van der Waals surface area (Å²) in [4.78, 5) is 14.9. The standard InChI is InChI=1S/C20H27N3O2/c1-6-15-11-23(19-9-14(5)13(4)8-17(19)21-15)20(24)18-10-16(25-22-18)7-12(2)3/h8-10,12,15,21H,6-7,11H2,1-5H3. The Balaban J connectivity index is 1.94. The molecule has 5 heteroatoms. The number of hydrogen-bond acceptors (Lipinski definition) is 4. The number of benzene rings is 1. The zero-order valence-corrected chi connectivity index (χ0v) is 15.7. The molecule has 1 N–H and O–H groups in total. The lowest BCUT2D eigenvalue weighted by molar-refractivity contribution is 0.0976. The fourth-order valence-corrected chi connectivity index (χ4v) is 3.20. The SMILES string of the molecule is CCC1CN(C(=O)c2cc(CC(C)C)on2)c2cc(C)c(C)cc2N1. The van der Waals surface area contributed by atoms with Crippen molar-refractivity contribution in [2.24, 2.45) is 5.92 Å². The van der Waals surface area contributed by atoms with Crippen molar-refractivity contribution < 1.29 is 9.32 Å². The van der Waals surface area contributed by atoms with Crippen LogP contribution in [-0.2, 0) is 6.42 Å². The number of rotatable bonds is 4. The second-order valence-corrected chi connectivity index (χ2v) is 7.40. The monoisotopic (exact) mass is 341 g/mol. The van der Waals surface area contributed by atoms with Gasteiger partial charge in [0.05, 0.1) is 11.4 Å². The first-order chi connectivity index (χ1) is 11.9. The lowest BCUT2D eigenvalue weighted by Crippen LogP contribution is -2.44. The second-order valence-electron chi connectivity index (χ2n) is 7.40. The average Bonchev–Trinajstić information content (AvgIpc) is 3.02. The number of nitrogens with one attached hydrogen (secondary N) is 1. The minimum atomic E-state index is -0.0943. The van der Waals surface area contributed by atoms with Gasteiger partial charge in [-0.15, -0.1) is 0 Å². The molecule has 134 valence electrons. The van der Waals surface area contributed by atoms with E-state index in [1.165, 1.54) is 11.1 Å². The molecule has 1 aromatic heterocycles. The molecule has 1 aliphatic heterocycles. The van der Waals surface area contributed by atoms with Gasteiger partial charge in [-0.2, -0.15) is 0 Å². The van der Waals surface area contributed by atoms with E-state index >= 15 is 0 Å². The van der Waals surface area contributed by atoms with Crippen molar-refractivity contribution in [1.82, 2.24) is 5.16 Å². The molecule has 1 aromatic carbocycles. The summed E-state index contributed by atoms with van der Waals surface area (Å²) < 4.78 is 5.36. The van der Waals surface area contributed by atoms with Gasteiger partial charge in [0.2, 0.25) is 0 Å². The smallest absolute Gasteiger partial charge is 0.280 e. The molecule has 2 heterocycles. The Kier molecular flexibility index (Phi) is 4.84. The van der Waals surface area contributed by atoms with E-state index in [0.29, 0.717) is 18.2 Å². The molecule has 1 unspecified atom stereocenters. The van der Waals surface area contributed by atoms with Crippen LogP contribution >= 0.6 is 0 Å². The summed E-state index contributed by atoms with van der Waals surface area (Å²) in [5.74, 6) is 1.13. The molecule has 0 bridgehead atoms. The summed E-state index contributed by atoms with van der Waals surface area (Å²) in [6.45, 7) is 11.2. The molecule has 0 spiro atoms. The highest BCUT2D eigenvalue weighted by atomic mass is 16.5. The molecule has 25 heavy (non-hydrogen) atoms. The van der Waals surface area contributed by atoms with Gasteiger partial charge in [-0.1, -0.05) is 25.9 Å². The van der Waals surface area contributed by atoms with E-state index in [4.69, 9.17) is 4.52 Å². The van der Waals surface area contributed by atoms with Crippen LogP contribution in [0.1, 0.15) is 54.6 Å². The van der Waals surface area contributed by atoms with Gasteiger partial charge in [-0.3, -0.25) is 4.79 Å². The van der Waals surface area contributed by atoms with Crippen LogP contribution in [0.25, 0.3) is 0 Å². The third kappa shape index (κ3) is 3.55. The zero-order valence-electron chi connectivity index (χ0n) is 15.7. The van der Waals surface area contributed by atoms with Crippen LogP contribution in [0.3, 0.4) is 0 Å². The summed E-state index contributed by atoms with van der Waals surface area (Å²) in [5, 5.41) is 7.57. The van der Waals surface area contributed by atoms with Crippen molar-refractivity contribution in [3.63, 3.8) is 0 Å². The predicted octanol–water partition coefficient (Wildman–Crippen LogP) is 4.34. The van der Waals surface area contributed by atoms with Crippen LogP contribution in [0.2, 0.25) is 0 Å². The number of hydrogen-bond donors (Lipinski definition) is 1. The Morgan fingerprint density at radius 2 is 2.04 bits per heavy atom. The normalized spacial score (nSPS) is 16.7. The summed E-state index contributed by atoms with van der Waals surface area (Å²) in [5.41, 5.74) is 4.72. The van der Waals surface area contributed by atoms with Crippen LogP contribution in [0.15, 0.2) is 22.7 Å². The van der Waals surface area contributed by atoms with Crippen molar-refractivity contribution in [3.05, 3.63) is 40.8 Å². The van der Waals surface area contributed by atoms with Gasteiger partial charge in [0.25, 0.3) is 5.91 Å². The van der Waals surface area contributed by atoms with E-state index in [9.17, 15) is 4.79 Å². The van der Waals surface area contributed by atoms with E-state index in [-0.39, 0.29) is 11.9 Å². The van der Waals surface area contributed by atoms with Gasteiger partial charge in [-0.05, 0) is 49.4 Å². The number of aryl methyl sites for hydroxylation is 2. The lowest BCUT2D eigenvalue weighted by atomic mass is 10.0. The Morgan fingerprint density at radius 1 is 1.32 bits per heavy atom. The minimum Gasteiger partial charge on any atom is -0.379 e. The van der Waals surface area contributed by atoms with Gasteiger partial charge in [0.1, 0.15) is 5.76 Å². The molecule has 0 saturated carbocycles. The van der Waals surface area contributed by atoms with E-state index < -0.39 is 0 Å². The lowest BCUT2D eigenvalue weighted by Gasteiger charge is -2.35. The highest BCUT2D eigenvalue weighted by Gasteiger charge is 2.30. The first-order valence-corrected chi connectivity index (χ1v) is 9.04. The van der Waals surface area contributed by atoms with E-state index in [0.717, 1.165) is 30.0 Å². The van der Waals surface area contributed by atoms with Gasteiger partial charge in [0, 0.05) is 25.1 Å². The minimum absolute atomic E-state index is 0.0943. The molecule has 1 atom stereocenters. The maximum atomic E-state index is 13.1. The largest absolute Gasteiger partial charge is 0.379 e. The van der Waals surface area contributed by atoms with Gasteiger partial charge >= 0.3 is 0 Å². The first kappa shape index (κ1) is 17.5. The summed E-state index contributed by atoms with van der Waals surface area (Å²) >= 11 is 0. The van der Waals surface area contributed by atoms with Gasteiger partial charge < -0.3 is 14.7 Å². The van der Waals surface area contributed by atoms with E-state index in [1.54, 1.807) is 6.07 Å². The average molecular weight is 341 g/mol. The third-order valence-electron chi connectivity index (χ3n) is 4.79. The number of aromatic nitrogens is 1. The highest BCUT2D eigenvalue weighted by molar-refractivity contribution is 6.07. The van der Waals surface area contributed by atoms with Crippen LogP contribution < -0.4 is 10.2 Å². The molecule has 5 nitrogen and oxygen atoms in total. The fraction of sp³-hybridized carbons (Fsp3) is 0.500. The van der Waals surface area contributed by atoms with E-state index in [1.807, 2.05) is 4.90 Å². The van der Waals surface area contributed by atoms with Crippen molar-refractivity contribution in [1.29, 1.82) is 0 Å².